The average Bonchev–Trinajstić information content (AvgIpc) is 2.15. The molecule has 0 N–H and O–H groups in total. The summed E-state index contributed by atoms with van der Waals surface area (Å²) in [5.74, 6) is 0. The van der Waals surface area contributed by atoms with Crippen LogP contribution < -0.4 is 0 Å². The SMILES string of the molecule is CCCC(CC)(CCC)O[SiH2]CC. The maximum Gasteiger partial charge on any atom is 0.162 e. The second-order valence-electron chi connectivity index (χ2n) is 3.89. The van der Waals surface area contributed by atoms with Gasteiger partial charge in [-0.05, 0) is 25.3 Å². The van der Waals surface area contributed by atoms with Gasteiger partial charge in [0.05, 0.1) is 5.60 Å². The second-order valence-corrected chi connectivity index (χ2v) is 5.58. The van der Waals surface area contributed by atoms with Gasteiger partial charge in [0, 0.05) is 0 Å². The molecule has 0 rings (SSSR count). The highest BCUT2D eigenvalue weighted by Crippen LogP contribution is 2.27. The Kier molecular flexibility index (Phi) is 7.67. The molecular weight excluding hydrogens is 176 g/mol. The Balaban J connectivity index is 4.07. The van der Waals surface area contributed by atoms with Crippen molar-refractivity contribution in [1.29, 1.82) is 0 Å². The Morgan fingerprint density at radius 3 is 1.85 bits per heavy atom. The van der Waals surface area contributed by atoms with E-state index in [9.17, 15) is 0 Å². The fraction of sp³-hybridized carbons (Fsp3) is 1.00. The normalized spacial score (nSPS) is 12.9. The number of rotatable bonds is 8. The summed E-state index contributed by atoms with van der Waals surface area (Å²) in [5.41, 5.74) is 0.256. The maximum atomic E-state index is 6.15. The minimum absolute atomic E-state index is 0.234. The van der Waals surface area contributed by atoms with Crippen molar-refractivity contribution in [2.24, 2.45) is 0 Å². The van der Waals surface area contributed by atoms with Gasteiger partial charge in [0.25, 0.3) is 0 Å². The predicted octanol–water partition coefficient (Wildman–Crippen LogP) is 3.27. The van der Waals surface area contributed by atoms with E-state index in [-0.39, 0.29) is 15.4 Å². The quantitative estimate of drug-likeness (QED) is 0.549. The highest BCUT2D eigenvalue weighted by atomic mass is 28.2. The third-order valence-electron chi connectivity index (χ3n) is 2.67. The van der Waals surface area contributed by atoms with Gasteiger partial charge < -0.3 is 4.43 Å². The third kappa shape index (κ3) is 4.82. The van der Waals surface area contributed by atoms with Gasteiger partial charge in [0.2, 0.25) is 0 Å². The highest BCUT2D eigenvalue weighted by Gasteiger charge is 2.25. The predicted molar refractivity (Wildman–Crippen MR) is 62.9 cm³/mol. The molecular formula is C11H26OSi. The lowest BCUT2D eigenvalue weighted by molar-refractivity contribution is 0.0484. The summed E-state index contributed by atoms with van der Waals surface area (Å²) in [6.07, 6.45) is 6.22. The van der Waals surface area contributed by atoms with E-state index < -0.39 is 0 Å². The van der Waals surface area contributed by atoms with Gasteiger partial charge in [-0.3, -0.25) is 0 Å². The largest absolute Gasteiger partial charge is 0.419 e. The fourth-order valence-electron chi connectivity index (χ4n) is 1.95. The molecule has 80 valence electrons. The third-order valence-corrected chi connectivity index (χ3v) is 3.89. The summed E-state index contributed by atoms with van der Waals surface area (Å²) in [6.45, 7) is 9.04. The standard InChI is InChI=1S/C11H26OSi/c1-5-9-11(7-3,10-6-2)12-13-8-4/h5-10,13H2,1-4H3. The summed E-state index contributed by atoms with van der Waals surface area (Å²) in [6, 6.07) is 1.27. The Labute approximate surface area is 86.2 Å². The van der Waals surface area contributed by atoms with Crippen LogP contribution in [0.25, 0.3) is 0 Å². The molecule has 0 spiro atoms. The van der Waals surface area contributed by atoms with E-state index in [1.165, 1.54) is 38.1 Å². The van der Waals surface area contributed by atoms with Crippen molar-refractivity contribution in [3.05, 3.63) is 0 Å². The molecule has 0 heterocycles. The van der Waals surface area contributed by atoms with Crippen LogP contribution in [0.5, 0.6) is 0 Å². The Morgan fingerprint density at radius 1 is 1.00 bits per heavy atom. The van der Waals surface area contributed by atoms with E-state index in [0.29, 0.717) is 0 Å². The molecule has 0 saturated heterocycles. The van der Waals surface area contributed by atoms with Crippen molar-refractivity contribution in [3.63, 3.8) is 0 Å². The van der Waals surface area contributed by atoms with Gasteiger partial charge >= 0.3 is 0 Å². The molecule has 1 nitrogen and oxygen atoms in total. The van der Waals surface area contributed by atoms with Crippen molar-refractivity contribution >= 4 is 9.76 Å². The van der Waals surface area contributed by atoms with Crippen LogP contribution in [0.3, 0.4) is 0 Å². The van der Waals surface area contributed by atoms with Crippen molar-refractivity contribution in [2.45, 2.75) is 71.4 Å². The first kappa shape index (κ1) is 13.2. The lowest BCUT2D eigenvalue weighted by atomic mass is 9.90. The minimum Gasteiger partial charge on any atom is -0.419 e. The van der Waals surface area contributed by atoms with Gasteiger partial charge in [0.15, 0.2) is 9.76 Å². The first-order valence-electron chi connectivity index (χ1n) is 5.88. The maximum absolute atomic E-state index is 6.15. The molecule has 0 amide bonds. The molecule has 0 aromatic carbocycles. The molecule has 0 aliphatic carbocycles. The number of hydrogen-bond donors (Lipinski definition) is 0. The van der Waals surface area contributed by atoms with Crippen LogP contribution in [0.1, 0.15) is 59.8 Å². The van der Waals surface area contributed by atoms with Crippen molar-refractivity contribution in [2.75, 3.05) is 0 Å². The summed E-state index contributed by atoms with van der Waals surface area (Å²) in [7, 11) is -0.234. The van der Waals surface area contributed by atoms with Crippen LogP contribution in [0, 0.1) is 0 Å². The smallest absolute Gasteiger partial charge is 0.162 e. The molecule has 0 aliphatic rings. The van der Waals surface area contributed by atoms with Gasteiger partial charge in [-0.2, -0.15) is 0 Å². The van der Waals surface area contributed by atoms with E-state index in [4.69, 9.17) is 4.43 Å². The minimum atomic E-state index is -0.234. The molecule has 13 heavy (non-hydrogen) atoms. The Hall–Kier alpha value is 0.177. The monoisotopic (exact) mass is 202 g/mol. The molecule has 2 heteroatoms. The molecule has 0 saturated carbocycles. The Bertz CT molecular complexity index is 109. The van der Waals surface area contributed by atoms with E-state index in [2.05, 4.69) is 27.7 Å². The van der Waals surface area contributed by atoms with E-state index in [0.717, 1.165) is 0 Å². The molecule has 0 aromatic rings. The molecule has 0 unspecified atom stereocenters. The molecule has 0 atom stereocenters. The average molecular weight is 202 g/mol. The molecule has 0 bridgehead atoms. The zero-order valence-electron chi connectivity index (χ0n) is 9.86. The van der Waals surface area contributed by atoms with E-state index >= 15 is 0 Å². The summed E-state index contributed by atoms with van der Waals surface area (Å²) in [5, 5.41) is 0. The lowest BCUT2D eigenvalue weighted by Gasteiger charge is -2.33. The van der Waals surface area contributed by atoms with Crippen LogP contribution in [-0.4, -0.2) is 15.4 Å². The van der Waals surface area contributed by atoms with Crippen molar-refractivity contribution < 1.29 is 4.43 Å². The molecule has 0 radical (unpaired) electrons. The highest BCUT2D eigenvalue weighted by molar-refractivity contribution is 6.27. The van der Waals surface area contributed by atoms with Gasteiger partial charge in [0.1, 0.15) is 0 Å². The van der Waals surface area contributed by atoms with Crippen LogP contribution in [0.15, 0.2) is 0 Å². The second kappa shape index (κ2) is 7.57. The summed E-state index contributed by atoms with van der Waals surface area (Å²) >= 11 is 0. The molecule has 0 fully saturated rings. The van der Waals surface area contributed by atoms with Crippen LogP contribution in [0.2, 0.25) is 6.04 Å². The van der Waals surface area contributed by atoms with Crippen LogP contribution >= 0.6 is 0 Å². The topological polar surface area (TPSA) is 9.23 Å². The Morgan fingerprint density at radius 2 is 1.54 bits per heavy atom. The zero-order chi connectivity index (χ0) is 10.2. The molecule has 0 aliphatic heterocycles. The lowest BCUT2D eigenvalue weighted by Crippen LogP contribution is -2.33. The van der Waals surface area contributed by atoms with Crippen LogP contribution in [-0.2, 0) is 4.43 Å². The van der Waals surface area contributed by atoms with Crippen molar-refractivity contribution in [1.82, 2.24) is 0 Å². The van der Waals surface area contributed by atoms with E-state index in [1.807, 2.05) is 0 Å². The molecule has 0 aromatic heterocycles. The zero-order valence-corrected chi connectivity index (χ0v) is 11.3. The van der Waals surface area contributed by atoms with Crippen molar-refractivity contribution in [3.8, 4) is 0 Å². The van der Waals surface area contributed by atoms with Gasteiger partial charge in [-0.1, -0.05) is 40.5 Å². The van der Waals surface area contributed by atoms with Crippen LogP contribution in [0.4, 0.5) is 0 Å². The number of hydrogen-bond acceptors (Lipinski definition) is 1. The summed E-state index contributed by atoms with van der Waals surface area (Å²) < 4.78 is 6.15. The summed E-state index contributed by atoms with van der Waals surface area (Å²) in [4.78, 5) is 0. The first-order chi connectivity index (χ1) is 6.24. The van der Waals surface area contributed by atoms with Gasteiger partial charge in [-0.15, -0.1) is 0 Å². The van der Waals surface area contributed by atoms with E-state index in [1.54, 1.807) is 0 Å². The van der Waals surface area contributed by atoms with Gasteiger partial charge in [-0.25, -0.2) is 0 Å². The fourth-order valence-corrected chi connectivity index (χ4v) is 3.08. The first-order valence-corrected chi connectivity index (χ1v) is 7.46.